The molecular formula is C42H39F3N2O8. The van der Waals surface area contributed by atoms with Crippen molar-refractivity contribution in [3.63, 3.8) is 0 Å². The van der Waals surface area contributed by atoms with E-state index >= 15 is 0 Å². The zero-order valence-electron chi connectivity index (χ0n) is 30.1. The molecule has 0 aliphatic heterocycles. The van der Waals surface area contributed by atoms with E-state index in [1.54, 1.807) is 50.2 Å². The van der Waals surface area contributed by atoms with Crippen molar-refractivity contribution >= 4 is 11.9 Å². The molecule has 6 rings (SSSR count). The lowest BCUT2D eigenvalue weighted by molar-refractivity contribution is -0.144. The fourth-order valence-electron chi connectivity index (χ4n) is 5.71. The first-order chi connectivity index (χ1) is 26.5. The highest BCUT2D eigenvalue weighted by Crippen LogP contribution is 2.33. The highest BCUT2D eigenvalue weighted by Gasteiger charge is 2.30. The van der Waals surface area contributed by atoms with Crippen molar-refractivity contribution in [3.8, 4) is 22.6 Å². The van der Waals surface area contributed by atoms with Gasteiger partial charge in [-0.2, -0.15) is 13.2 Å². The fourth-order valence-corrected chi connectivity index (χ4v) is 5.71. The number of hydrogen-bond donors (Lipinski definition) is 1. The molecule has 0 amide bonds. The van der Waals surface area contributed by atoms with Crippen molar-refractivity contribution < 1.29 is 51.1 Å². The number of aromatic nitrogens is 2. The molecule has 0 aliphatic carbocycles. The van der Waals surface area contributed by atoms with Crippen LogP contribution in [-0.4, -0.2) is 40.6 Å². The molecule has 286 valence electrons. The molecule has 13 heteroatoms. The molecule has 10 nitrogen and oxygen atoms in total. The second kappa shape index (κ2) is 19.1. The lowest BCUT2D eigenvalue weighted by Gasteiger charge is -2.15. The van der Waals surface area contributed by atoms with E-state index in [4.69, 9.17) is 23.3 Å². The number of aromatic hydroxyl groups is 1. The second-order valence-corrected chi connectivity index (χ2v) is 12.2. The van der Waals surface area contributed by atoms with Gasteiger partial charge < -0.3 is 28.4 Å². The summed E-state index contributed by atoms with van der Waals surface area (Å²) in [5.41, 5.74) is 3.41. The fraction of sp³-hybridized carbons (Fsp3) is 0.238. The average molecular weight is 757 g/mol. The SMILES string of the molecule is CCOC(=O)CC(c1ccc(O)cc1)c1ccno1.CCOC(=O)CC(c1ccc(OCc2cccc(-c3ccc(C(F)(F)F)cc3)c2)cc1)c1ccno1. The Morgan fingerprint density at radius 1 is 0.691 bits per heavy atom. The summed E-state index contributed by atoms with van der Waals surface area (Å²) < 4.78 is 64.9. The van der Waals surface area contributed by atoms with Crippen molar-refractivity contribution in [2.45, 2.75) is 51.3 Å². The van der Waals surface area contributed by atoms with Gasteiger partial charge in [0.1, 0.15) is 29.6 Å². The lowest BCUT2D eigenvalue weighted by atomic mass is 9.93. The molecule has 0 radical (unpaired) electrons. The van der Waals surface area contributed by atoms with Gasteiger partial charge in [-0.3, -0.25) is 9.59 Å². The van der Waals surface area contributed by atoms with Crippen LogP contribution in [-0.2, 0) is 31.8 Å². The van der Waals surface area contributed by atoms with Crippen molar-refractivity contribution in [1.82, 2.24) is 10.3 Å². The molecule has 4 aromatic carbocycles. The molecule has 2 heterocycles. The molecular weight excluding hydrogens is 717 g/mol. The largest absolute Gasteiger partial charge is 0.508 e. The predicted octanol–water partition coefficient (Wildman–Crippen LogP) is 9.49. The summed E-state index contributed by atoms with van der Waals surface area (Å²) in [6.07, 6.45) is -0.997. The van der Waals surface area contributed by atoms with Crippen LogP contribution in [0.15, 0.2) is 131 Å². The normalized spacial score (nSPS) is 12.2. The third kappa shape index (κ3) is 11.6. The summed E-state index contributed by atoms with van der Waals surface area (Å²) in [6.45, 7) is 4.45. The van der Waals surface area contributed by atoms with Gasteiger partial charge in [0.25, 0.3) is 0 Å². The number of nitrogens with zero attached hydrogens (tertiary/aromatic N) is 2. The molecule has 0 bridgehead atoms. The average Bonchev–Trinajstić information content (AvgIpc) is 3.92. The number of hydrogen-bond acceptors (Lipinski definition) is 10. The Labute approximate surface area is 315 Å². The molecule has 0 aliphatic rings. The molecule has 0 spiro atoms. The second-order valence-electron chi connectivity index (χ2n) is 12.2. The minimum atomic E-state index is -4.36. The summed E-state index contributed by atoms with van der Waals surface area (Å²) >= 11 is 0. The minimum Gasteiger partial charge on any atom is -0.508 e. The summed E-state index contributed by atoms with van der Waals surface area (Å²) in [6, 6.07) is 30.0. The molecule has 6 aromatic rings. The number of carbonyl (C=O) groups excluding carboxylic acids is 2. The first-order valence-corrected chi connectivity index (χ1v) is 17.4. The molecule has 0 saturated heterocycles. The molecule has 2 atom stereocenters. The van der Waals surface area contributed by atoms with Gasteiger partial charge in [0, 0.05) is 12.1 Å². The molecule has 2 aromatic heterocycles. The maximum absolute atomic E-state index is 12.8. The summed E-state index contributed by atoms with van der Waals surface area (Å²) in [4.78, 5) is 23.7. The number of rotatable bonds is 14. The Morgan fingerprint density at radius 2 is 1.22 bits per heavy atom. The topological polar surface area (TPSA) is 134 Å². The third-order valence-electron chi connectivity index (χ3n) is 8.41. The molecule has 1 N–H and O–H groups in total. The van der Waals surface area contributed by atoms with Gasteiger partial charge in [0.2, 0.25) is 0 Å². The Kier molecular flexibility index (Phi) is 13.8. The number of phenols is 1. The van der Waals surface area contributed by atoms with Crippen LogP contribution in [0.4, 0.5) is 13.2 Å². The van der Waals surface area contributed by atoms with Gasteiger partial charge in [-0.25, -0.2) is 0 Å². The van der Waals surface area contributed by atoms with Crippen LogP contribution < -0.4 is 4.74 Å². The van der Waals surface area contributed by atoms with Crippen LogP contribution in [0.5, 0.6) is 11.5 Å². The Bertz CT molecular complexity index is 2070. The maximum atomic E-state index is 12.8. The van der Waals surface area contributed by atoms with Crippen molar-refractivity contribution in [1.29, 1.82) is 0 Å². The Morgan fingerprint density at radius 3 is 1.69 bits per heavy atom. The van der Waals surface area contributed by atoms with Crippen LogP contribution in [0.25, 0.3) is 11.1 Å². The highest BCUT2D eigenvalue weighted by atomic mass is 19.4. The number of esters is 2. The zero-order valence-corrected chi connectivity index (χ0v) is 30.1. The number of alkyl halides is 3. The van der Waals surface area contributed by atoms with Crippen LogP contribution in [0, 0.1) is 0 Å². The minimum absolute atomic E-state index is 0.125. The van der Waals surface area contributed by atoms with Crippen LogP contribution in [0.3, 0.4) is 0 Å². The van der Waals surface area contributed by atoms with Gasteiger partial charge in [0.15, 0.2) is 0 Å². The van der Waals surface area contributed by atoms with Gasteiger partial charge in [0.05, 0.1) is 55.8 Å². The molecule has 0 saturated carbocycles. The van der Waals surface area contributed by atoms with Crippen LogP contribution in [0.2, 0.25) is 0 Å². The van der Waals surface area contributed by atoms with E-state index in [1.807, 2.05) is 48.5 Å². The summed E-state index contributed by atoms with van der Waals surface area (Å²) in [5, 5.41) is 16.7. The predicted molar refractivity (Wildman–Crippen MR) is 195 cm³/mol. The van der Waals surface area contributed by atoms with Gasteiger partial charge >= 0.3 is 18.1 Å². The number of ether oxygens (including phenoxy) is 3. The molecule has 0 fully saturated rings. The molecule has 2 unspecified atom stereocenters. The van der Waals surface area contributed by atoms with E-state index in [2.05, 4.69) is 10.3 Å². The van der Waals surface area contributed by atoms with E-state index in [0.29, 0.717) is 36.0 Å². The quantitative estimate of drug-likeness (QED) is 0.107. The van der Waals surface area contributed by atoms with Gasteiger partial charge in [-0.15, -0.1) is 0 Å². The van der Waals surface area contributed by atoms with E-state index in [-0.39, 0.29) is 49.0 Å². The molecule has 55 heavy (non-hydrogen) atoms. The third-order valence-corrected chi connectivity index (χ3v) is 8.41. The first kappa shape index (κ1) is 39.8. The highest BCUT2D eigenvalue weighted by molar-refractivity contribution is 5.72. The van der Waals surface area contributed by atoms with Gasteiger partial charge in [-0.1, -0.05) is 64.9 Å². The first-order valence-electron chi connectivity index (χ1n) is 17.4. The van der Waals surface area contributed by atoms with Crippen LogP contribution >= 0.6 is 0 Å². The van der Waals surface area contributed by atoms with E-state index in [1.165, 1.54) is 24.5 Å². The number of carbonyl (C=O) groups is 2. The lowest BCUT2D eigenvalue weighted by Crippen LogP contribution is -2.11. The smallest absolute Gasteiger partial charge is 0.416 e. The number of phenolic OH excluding ortho intramolecular Hbond substituents is 1. The van der Waals surface area contributed by atoms with E-state index in [0.717, 1.165) is 34.4 Å². The number of benzene rings is 4. The maximum Gasteiger partial charge on any atom is 0.416 e. The van der Waals surface area contributed by atoms with Crippen molar-refractivity contribution in [2.24, 2.45) is 0 Å². The van der Waals surface area contributed by atoms with Crippen molar-refractivity contribution in [2.75, 3.05) is 13.2 Å². The van der Waals surface area contributed by atoms with E-state index in [9.17, 15) is 27.9 Å². The standard InChI is InChI=1S/C28H24F3NO4.C14H15NO4/c1-2-34-27(33)17-25(26-14-15-32-36-26)21-8-12-24(13-9-21)35-18-19-4-3-5-22(16-19)20-6-10-23(11-7-20)28(29,30)31;1-2-18-14(17)9-12(13-7-8-15-19-13)10-3-5-11(16)6-4-10/h3-16,25H,2,17-18H2,1H3;3-8,12,16H,2,9H2,1H3. The van der Waals surface area contributed by atoms with Gasteiger partial charge in [-0.05, 0) is 84.1 Å². The Balaban J connectivity index is 0.000000256. The van der Waals surface area contributed by atoms with Crippen LogP contribution in [0.1, 0.15) is 72.3 Å². The summed E-state index contributed by atoms with van der Waals surface area (Å²) in [7, 11) is 0. The summed E-state index contributed by atoms with van der Waals surface area (Å²) in [5.74, 6) is 0.755. The number of halogens is 3. The Hall–Kier alpha value is -6.37. The zero-order chi connectivity index (χ0) is 39.2. The monoisotopic (exact) mass is 756 g/mol. The van der Waals surface area contributed by atoms with E-state index < -0.39 is 11.7 Å². The van der Waals surface area contributed by atoms with Crippen molar-refractivity contribution in [3.05, 3.63) is 155 Å².